The molecule has 1 amide bonds. The zero-order valence-electron chi connectivity index (χ0n) is 12.2. The normalized spacial score (nSPS) is 21.8. The maximum Gasteiger partial charge on any atom is 0.335 e. The number of hydrogen-bond acceptors (Lipinski definition) is 3. The third-order valence-electron chi connectivity index (χ3n) is 3.85. The van der Waals surface area contributed by atoms with E-state index in [1.54, 1.807) is 12.1 Å². The summed E-state index contributed by atoms with van der Waals surface area (Å²) in [6, 6.07) is 6.18. The Morgan fingerprint density at radius 1 is 1.33 bits per heavy atom. The molecule has 5 nitrogen and oxygen atoms in total. The van der Waals surface area contributed by atoms with Crippen molar-refractivity contribution in [3.05, 3.63) is 29.8 Å². The second kappa shape index (κ2) is 7.22. The molecule has 0 radical (unpaired) electrons. The molecule has 114 valence electrons. The standard InChI is InChI=1S/C16H21NO4/c1-11-5-2-3-8-14(11)21-10-15(18)17-13-7-4-6-12(9-13)16(19)20/h4,6-7,9,11,14H,2-3,5,8,10H2,1H3,(H,17,18)(H,19,20). The Hall–Kier alpha value is -1.88. The van der Waals surface area contributed by atoms with E-state index in [9.17, 15) is 9.59 Å². The Balaban J connectivity index is 1.84. The van der Waals surface area contributed by atoms with Crippen molar-refractivity contribution in [2.75, 3.05) is 11.9 Å². The van der Waals surface area contributed by atoms with Gasteiger partial charge in [-0.1, -0.05) is 25.8 Å². The van der Waals surface area contributed by atoms with Gasteiger partial charge in [-0.25, -0.2) is 4.79 Å². The number of carbonyl (C=O) groups excluding carboxylic acids is 1. The van der Waals surface area contributed by atoms with Crippen LogP contribution in [0.15, 0.2) is 24.3 Å². The number of ether oxygens (including phenoxy) is 1. The van der Waals surface area contributed by atoms with Crippen molar-refractivity contribution < 1.29 is 19.4 Å². The van der Waals surface area contributed by atoms with Gasteiger partial charge in [0.05, 0.1) is 11.7 Å². The largest absolute Gasteiger partial charge is 0.478 e. The van der Waals surface area contributed by atoms with Crippen LogP contribution < -0.4 is 5.32 Å². The molecule has 1 aromatic carbocycles. The summed E-state index contributed by atoms with van der Waals surface area (Å²) in [5.74, 6) is -0.782. The highest BCUT2D eigenvalue weighted by atomic mass is 16.5. The van der Waals surface area contributed by atoms with Crippen molar-refractivity contribution in [3.63, 3.8) is 0 Å². The van der Waals surface area contributed by atoms with Crippen molar-refractivity contribution in [2.45, 2.75) is 38.7 Å². The Kier molecular flexibility index (Phi) is 5.33. The van der Waals surface area contributed by atoms with Gasteiger partial charge in [-0.05, 0) is 37.0 Å². The molecular formula is C16H21NO4. The molecule has 2 atom stereocenters. The van der Waals surface area contributed by atoms with Crippen LogP contribution in [0.3, 0.4) is 0 Å². The number of carboxylic acid groups (broad SMARTS) is 1. The van der Waals surface area contributed by atoms with E-state index in [0.717, 1.165) is 19.3 Å². The smallest absolute Gasteiger partial charge is 0.335 e. The lowest BCUT2D eigenvalue weighted by Crippen LogP contribution is -2.29. The number of carbonyl (C=O) groups is 2. The van der Waals surface area contributed by atoms with E-state index < -0.39 is 5.97 Å². The molecule has 0 spiro atoms. The van der Waals surface area contributed by atoms with E-state index in [1.807, 2.05) is 0 Å². The average Bonchev–Trinajstić information content (AvgIpc) is 2.46. The van der Waals surface area contributed by atoms with Crippen molar-refractivity contribution in [2.24, 2.45) is 5.92 Å². The highest BCUT2D eigenvalue weighted by molar-refractivity contribution is 5.94. The molecule has 1 fully saturated rings. The van der Waals surface area contributed by atoms with Gasteiger partial charge in [0, 0.05) is 5.69 Å². The van der Waals surface area contributed by atoms with Gasteiger partial charge in [-0.2, -0.15) is 0 Å². The first-order valence-electron chi connectivity index (χ1n) is 7.31. The van der Waals surface area contributed by atoms with Crippen LogP contribution in [-0.4, -0.2) is 29.7 Å². The zero-order chi connectivity index (χ0) is 15.2. The molecule has 0 saturated heterocycles. The molecular weight excluding hydrogens is 270 g/mol. The maximum absolute atomic E-state index is 11.9. The molecule has 21 heavy (non-hydrogen) atoms. The first-order valence-corrected chi connectivity index (χ1v) is 7.31. The number of benzene rings is 1. The van der Waals surface area contributed by atoms with Crippen LogP contribution in [0.25, 0.3) is 0 Å². The minimum atomic E-state index is -1.02. The highest BCUT2D eigenvalue weighted by Crippen LogP contribution is 2.26. The Bertz CT molecular complexity index is 515. The number of amides is 1. The molecule has 2 N–H and O–H groups in total. The van der Waals surface area contributed by atoms with Crippen molar-refractivity contribution in [1.82, 2.24) is 0 Å². The van der Waals surface area contributed by atoms with Gasteiger partial charge in [-0.15, -0.1) is 0 Å². The van der Waals surface area contributed by atoms with Gasteiger partial charge in [-0.3, -0.25) is 4.79 Å². The monoisotopic (exact) mass is 291 g/mol. The lowest BCUT2D eigenvalue weighted by Gasteiger charge is -2.28. The van der Waals surface area contributed by atoms with Crippen molar-refractivity contribution in [3.8, 4) is 0 Å². The number of carboxylic acids is 1. The number of hydrogen-bond donors (Lipinski definition) is 2. The van der Waals surface area contributed by atoms with Crippen LogP contribution in [0, 0.1) is 5.92 Å². The van der Waals surface area contributed by atoms with Crippen LogP contribution in [0.4, 0.5) is 5.69 Å². The summed E-state index contributed by atoms with van der Waals surface area (Å²) < 4.78 is 5.68. The zero-order valence-corrected chi connectivity index (χ0v) is 12.2. The molecule has 0 heterocycles. The van der Waals surface area contributed by atoms with E-state index >= 15 is 0 Å². The Morgan fingerprint density at radius 2 is 2.10 bits per heavy atom. The minimum absolute atomic E-state index is 0.00626. The lowest BCUT2D eigenvalue weighted by atomic mass is 9.88. The van der Waals surface area contributed by atoms with Crippen LogP contribution in [-0.2, 0) is 9.53 Å². The molecule has 1 aliphatic rings. The fraction of sp³-hybridized carbons (Fsp3) is 0.500. The van der Waals surface area contributed by atoms with Crippen LogP contribution >= 0.6 is 0 Å². The van der Waals surface area contributed by atoms with E-state index in [-0.39, 0.29) is 24.2 Å². The third kappa shape index (κ3) is 4.56. The molecule has 0 bridgehead atoms. The summed E-state index contributed by atoms with van der Waals surface area (Å²) in [5, 5.41) is 11.6. The van der Waals surface area contributed by atoms with Crippen LogP contribution in [0.2, 0.25) is 0 Å². The van der Waals surface area contributed by atoms with Gasteiger partial charge in [0.2, 0.25) is 5.91 Å². The van der Waals surface area contributed by atoms with E-state index in [2.05, 4.69) is 12.2 Å². The highest BCUT2D eigenvalue weighted by Gasteiger charge is 2.22. The second-order valence-electron chi connectivity index (χ2n) is 5.55. The van der Waals surface area contributed by atoms with Crippen molar-refractivity contribution >= 4 is 17.6 Å². The third-order valence-corrected chi connectivity index (χ3v) is 3.85. The number of rotatable bonds is 5. The number of nitrogens with one attached hydrogen (secondary N) is 1. The molecule has 5 heteroatoms. The first-order chi connectivity index (χ1) is 10.1. The summed E-state index contributed by atoms with van der Waals surface area (Å²) in [4.78, 5) is 22.7. The summed E-state index contributed by atoms with van der Waals surface area (Å²) in [5.41, 5.74) is 0.620. The predicted octanol–water partition coefficient (Wildman–Crippen LogP) is 2.92. The summed E-state index contributed by atoms with van der Waals surface area (Å²) in [7, 11) is 0. The van der Waals surface area contributed by atoms with E-state index in [1.165, 1.54) is 18.6 Å². The van der Waals surface area contributed by atoms with Crippen LogP contribution in [0.5, 0.6) is 0 Å². The lowest BCUT2D eigenvalue weighted by molar-refractivity contribution is -0.124. The molecule has 0 aromatic heterocycles. The molecule has 1 saturated carbocycles. The number of anilines is 1. The van der Waals surface area contributed by atoms with E-state index in [4.69, 9.17) is 9.84 Å². The fourth-order valence-corrected chi connectivity index (χ4v) is 2.64. The van der Waals surface area contributed by atoms with Gasteiger partial charge in [0.25, 0.3) is 0 Å². The number of aromatic carboxylic acids is 1. The Labute approximate surface area is 124 Å². The molecule has 1 aliphatic carbocycles. The molecule has 2 unspecified atom stereocenters. The minimum Gasteiger partial charge on any atom is -0.478 e. The molecule has 1 aromatic rings. The predicted molar refractivity (Wildman–Crippen MR) is 79.4 cm³/mol. The average molecular weight is 291 g/mol. The SMILES string of the molecule is CC1CCCCC1OCC(=O)Nc1cccc(C(=O)O)c1. The van der Waals surface area contributed by atoms with E-state index in [0.29, 0.717) is 11.6 Å². The van der Waals surface area contributed by atoms with Gasteiger partial charge in [0.15, 0.2) is 0 Å². The van der Waals surface area contributed by atoms with Crippen LogP contribution in [0.1, 0.15) is 43.0 Å². The maximum atomic E-state index is 11.9. The Morgan fingerprint density at radius 3 is 2.81 bits per heavy atom. The van der Waals surface area contributed by atoms with Gasteiger partial charge in [0.1, 0.15) is 6.61 Å². The fourth-order valence-electron chi connectivity index (χ4n) is 2.64. The molecule has 0 aliphatic heterocycles. The summed E-state index contributed by atoms with van der Waals surface area (Å²) in [6.07, 6.45) is 4.68. The molecule has 2 rings (SSSR count). The first kappa shape index (κ1) is 15.5. The summed E-state index contributed by atoms with van der Waals surface area (Å²) >= 11 is 0. The summed E-state index contributed by atoms with van der Waals surface area (Å²) in [6.45, 7) is 2.16. The quantitative estimate of drug-likeness (QED) is 0.874. The topological polar surface area (TPSA) is 75.6 Å². The van der Waals surface area contributed by atoms with Gasteiger partial charge >= 0.3 is 5.97 Å². The van der Waals surface area contributed by atoms with Gasteiger partial charge < -0.3 is 15.2 Å². The second-order valence-corrected chi connectivity index (χ2v) is 5.55. The van der Waals surface area contributed by atoms with Crippen molar-refractivity contribution in [1.29, 1.82) is 0 Å².